The van der Waals surface area contributed by atoms with E-state index in [4.69, 9.17) is 5.73 Å². The molecule has 0 aromatic heterocycles. The molecule has 0 heterocycles. The number of carbonyl (C=O) groups excluding carboxylic acids is 1. The molecule has 1 aromatic rings. The quantitative estimate of drug-likeness (QED) is 0.684. The zero-order valence-corrected chi connectivity index (χ0v) is 7.99. The summed E-state index contributed by atoms with van der Waals surface area (Å²) >= 11 is 0. The van der Waals surface area contributed by atoms with Crippen molar-refractivity contribution in [3.05, 3.63) is 41.5 Å². The summed E-state index contributed by atoms with van der Waals surface area (Å²) in [7, 11) is 0. The van der Waals surface area contributed by atoms with Crippen molar-refractivity contribution < 1.29 is 4.79 Å². The molecule has 0 radical (unpaired) electrons. The maximum Gasteiger partial charge on any atom is 0.160 e. The predicted octanol–water partition coefficient (Wildman–Crippen LogP) is 2.11. The molecule has 72 valence electrons. The number of hydrogen-bond acceptors (Lipinski definition) is 2. The van der Waals surface area contributed by atoms with Crippen LogP contribution >= 0.6 is 0 Å². The van der Waals surface area contributed by atoms with Crippen molar-refractivity contribution in [2.75, 3.05) is 0 Å². The third-order valence-corrected chi connectivity index (χ3v) is 2.58. The summed E-state index contributed by atoms with van der Waals surface area (Å²) in [4.78, 5) is 11.5. The summed E-state index contributed by atoms with van der Waals surface area (Å²) < 4.78 is 0. The molecule has 0 amide bonds. The zero-order valence-electron chi connectivity index (χ0n) is 7.99. The van der Waals surface area contributed by atoms with Crippen LogP contribution in [0.3, 0.4) is 0 Å². The fourth-order valence-corrected chi connectivity index (χ4v) is 1.79. The van der Waals surface area contributed by atoms with Crippen LogP contribution in [0, 0.1) is 0 Å². The first-order valence-corrected chi connectivity index (χ1v) is 4.86. The van der Waals surface area contributed by atoms with Gasteiger partial charge >= 0.3 is 0 Å². The molecule has 1 fully saturated rings. The van der Waals surface area contributed by atoms with Gasteiger partial charge in [-0.2, -0.15) is 0 Å². The van der Waals surface area contributed by atoms with Gasteiger partial charge in [0.05, 0.1) is 0 Å². The number of ketones is 1. The molecule has 0 spiro atoms. The van der Waals surface area contributed by atoms with Crippen LogP contribution in [-0.4, -0.2) is 5.78 Å². The van der Waals surface area contributed by atoms with Gasteiger partial charge in [0.25, 0.3) is 0 Å². The van der Waals surface area contributed by atoms with E-state index in [1.165, 1.54) is 0 Å². The van der Waals surface area contributed by atoms with E-state index < -0.39 is 0 Å². The standard InChI is InChI=1S/C12H13NO/c13-12(9-5-2-1-3-6-9)10-7-4-8-11(10)14/h1-3,5-6H,4,7-8,13H2/b12-10+. The van der Waals surface area contributed by atoms with E-state index in [1.807, 2.05) is 30.3 Å². The Morgan fingerprint density at radius 3 is 2.43 bits per heavy atom. The molecule has 2 N–H and O–H groups in total. The molecule has 2 rings (SSSR count). The molecule has 0 unspecified atom stereocenters. The predicted molar refractivity (Wildman–Crippen MR) is 56.4 cm³/mol. The van der Waals surface area contributed by atoms with Crippen LogP contribution in [0.15, 0.2) is 35.9 Å². The number of hydrogen-bond donors (Lipinski definition) is 1. The fraction of sp³-hybridized carbons (Fsp3) is 0.250. The third kappa shape index (κ3) is 1.55. The second-order valence-electron chi connectivity index (χ2n) is 3.53. The smallest absolute Gasteiger partial charge is 0.160 e. The van der Waals surface area contributed by atoms with Gasteiger partial charge in [-0.15, -0.1) is 0 Å². The summed E-state index contributed by atoms with van der Waals surface area (Å²) in [5.41, 5.74) is 8.38. The molecule has 1 aromatic carbocycles. The average Bonchev–Trinajstić information content (AvgIpc) is 2.65. The van der Waals surface area contributed by atoms with Gasteiger partial charge in [0, 0.05) is 17.7 Å². The van der Waals surface area contributed by atoms with Crippen LogP contribution in [0.2, 0.25) is 0 Å². The van der Waals surface area contributed by atoms with Crippen molar-refractivity contribution in [3.63, 3.8) is 0 Å². The summed E-state index contributed by atoms with van der Waals surface area (Å²) in [5, 5.41) is 0. The second-order valence-corrected chi connectivity index (χ2v) is 3.53. The van der Waals surface area contributed by atoms with Crippen molar-refractivity contribution >= 4 is 11.5 Å². The lowest BCUT2D eigenvalue weighted by Gasteiger charge is -2.04. The molecule has 0 atom stereocenters. The normalized spacial score (nSPS) is 19.9. The number of benzene rings is 1. The Morgan fingerprint density at radius 1 is 1.14 bits per heavy atom. The van der Waals surface area contributed by atoms with Crippen LogP contribution in [-0.2, 0) is 4.79 Å². The minimum Gasteiger partial charge on any atom is -0.398 e. The highest BCUT2D eigenvalue weighted by molar-refractivity contribution is 6.03. The van der Waals surface area contributed by atoms with E-state index in [0.29, 0.717) is 12.1 Å². The molecule has 2 heteroatoms. The van der Waals surface area contributed by atoms with Gasteiger partial charge in [0.2, 0.25) is 0 Å². The topological polar surface area (TPSA) is 43.1 Å². The first-order valence-electron chi connectivity index (χ1n) is 4.86. The minimum absolute atomic E-state index is 0.214. The Hall–Kier alpha value is -1.57. The third-order valence-electron chi connectivity index (χ3n) is 2.58. The highest BCUT2D eigenvalue weighted by atomic mass is 16.1. The summed E-state index contributed by atoms with van der Waals surface area (Å²) in [6, 6.07) is 9.68. The molecule has 1 aliphatic rings. The van der Waals surface area contributed by atoms with Crippen LogP contribution in [0.4, 0.5) is 0 Å². The van der Waals surface area contributed by atoms with Crippen molar-refractivity contribution in [3.8, 4) is 0 Å². The Bertz CT molecular complexity index is 379. The molecule has 14 heavy (non-hydrogen) atoms. The SMILES string of the molecule is N/C(=C1\CCCC1=O)c1ccccc1. The van der Waals surface area contributed by atoms with Crippen molar-refractivity contribution in [1.29, 1.82) is 0 Å². The summed E-state index contributed by atoms with van der Waals surface area (Å²) in [5.74, 6) is 0.214. The molecule has 0 bridgehead atoms. The monoisotopic (exact) mass is 187 g/mol. The zero-order chi connectivity index (χ0) is 9.97. The number of nitrogens with two attached hydrogens (primary N) is 1. The summed E-state index contributed by atoms with van der Waals surface area (Å²) in [6.45, 7) is 0. The van der Waals surface area contributed by atoms with E-state index >= 15 is 0 Å². The van der Waals surface area contributed by atoms with Crippen LogP contribution in [0.5, 0.6) is 0 Å². The Balaban J connectivity index is 2.40. The average molecular weight is 187 g/mol. The highest BCUT2D eigenvalue weighted by Gasteiger charge is 2.20. The molecule has 0 saturated heterocycles. The van der Waals surface area contributed by atoms with Gasteiger partial charge in [0.15, 0.2) is 5.78 Å². The molecule has 1 saturated carbocycles. The van der Waals surface area contributed by atoms with E-state index in [-0.39, 0.29) is 5.78 Å². The molecule has 1 aliphatic carbocycles. The first kappa shape index (κ1) is 9.00. The van der Waals surface area contributed by atoms with Gasteiger partial charge in [-0.05, 0) is 18.4 Å². The summed E-state index contributed by atoms with van der Waals surface area (Å²) in [6.07, 6.45) is 2.43. The number of rotatable bonds is 1. The number of Topliss-reactive ketones (excluding diaryl/α,β-unsaturated/α-hetero) is 1. The Morgan fingerprint density at radius 2 is 1.86 bits per heavy atom. The van der Waals surface area contributed by atoms with Crippen LogP contribution in [0.1, 0.15) is 24.8 Å². The van der Waals surface area contributed by atoms with E-state index in [0.717, 1.165) is 24.0 Å². The van der Waals surface area contributed by atoms with Gasteiger partial charge < -0.3 is 5.73 Å². The lowest BCUT2D eigenvalue weighted by Crippen LogP contribution is -2.04. The lowest BCUT2D eigenvalue weighted by atomic mass is 10.1. The van der Waals surface area contributed by atoms with E-state index in [2.05, 4.69) is 0 Å². The number of allylic oxidation sites excluding steroid dienone is 1. The van der Waals surface area contributed by atoms with E-state index in [1.54, 1.807) is 0 Å². The van der Waals surface area contributed by atoms with Crippen molar-refractivity contribution in [2.24, 2.45) is 5.73 Å². The fourth-order valence-electron chi connectivity index (χ4n) is 1.79. The van der Waals surface area contributed by atoms with Gasteiger partial charge in [-0.25, -0.2) is 0 Å². The minimum atomic E-state index is 0.214. The largest absolute Gasteiger partial charge is 0.398 e. The van der Waals surface area contributed by atoms with Crippen LogP contribution < -0.4 is 5.73 Å². The Labute approximate surface area is 83.4 Å². The van der Waals surface area contributed by atoms with Crippen molar-refractivity contribution in [2.45, 2.75) is 19.3 Å². The van der Waals surface area contributed by atoms with Gasteiger partial charge in [-0.3, -0.25) is 4.79 Å². The van der Waals surface area contributed by atoms with Gasteiger partial charge in [0.1, 0.15) is 0 Å². The number of carbonyl (C=O) groups is 1. The van der Waals surface area contributed by atoms with Crippen molar-refractivity contribution in [1.82, 2.24) is 0 Å². The maximum atomic E-state index is 11.5. The Kier molecular flexibility index (Phi) is 2.35. The molecule has 0 aliphatic heterocycles. The highest BCUT2D eigenvalue weighted by Crippen LogP contribution is 2.25. The maximum absolute atomic E-state index is 11.5. The van der Waals surface area contributed by atoms with Crippen LogP contribution in [0.25, 0.3) is 5.70 Å². The van der Waals surface area contributed by atoms with Gasteiger partial charge in [-0.1, -0.05) is 30.3 Å². The molecular weight excluding hydrogens is 174 g/mol. The lowest BCUT2D eigenvalue weighted by molar-refractivity contribution is -0.114. The first-order chi connectivity index (χ1) is 6.79. The second kappa shape index (κ2) is 3.66. The molecule has 2 nitrogen and oxygen atoms in total. The van der Waals surface area contributed by atoms with E-state index in [9.17, 15) is 4.79 Å². The molecular formula is C12H13NO.